The standard InChI is InChI=1S/C26H28N2.2C2H6/c1-5-28-24-13-9-8-12-20(24)25-17(2)23(16-27(3)4)21-14-18-10-6-7-11-19(18)15-22(21)26(25)28;2*1-2/h6-13H,5,14-16H2,1-4H3;2*1-2H3. The summed E-state index contributed by atoms with van der Waals surface area (Å²) in [6, 6.07) is 17.9. The Morgan fingerprint density at radius 3 is 1.97 bits per heavy atom. The fourth-order valence-corrected chi connectivity index (χ4v) is 5.24. The van der Waals surface area contributed by atoms with Crippen LogP contribution in [0, 0.1) is 6.92 Å². The van der Waals surface area contributed by atoms with Crippen molar-refractivity contribution < 1.29 is 0 Å². The number of benzene rings is 3. The quantitative estimate of drug-likeness (QED) is 0.285. The maximum atomic E-state index is 2.55. The van der Waals surface area contributed by atoms with Gasteiger partial charge in [0.05, 0.1) is 5.52 Å². The van der Waals surface area contributed by atoms with Gasteiger partial charge in [-0.25, -0.2) is 0 Å². The van der Waals surface area contributed by atoms with E-state index in [0.29, 0.717) is 0 Å². The average Bonchev–Trinajstić information content (AvgIpc) is 3.18. The number of aromatic nitrogens is 1. The third-order valence-corrected chi connectivity index (χ3v) is 6.46. The summed E-state index contributed by atoms with van der Waals surface area (Å²) in [5.74, 6) is 0. The normalized spacial score (nSPS) is 12.0. The van der Waals surface area contributed by atoms with E-state index in [1.807, 2.05) is 27.7 Å². The molecule has 0 bridgehead atoms. The predicted molar refractivity (Wildman–Crippen MR) is 142 cm³/mol. The van der Waals surface area contributed by atoms with Crippen molar-refractivity contribution in [3.8, 4) is 0 Å². The van der Waals surface area contributed by atoms with Gasteiger partial charge in [-0.05, 0) is 73.8 Å². The molecule has 0 amide bonds. The Kier molecular flexibility index (Phi) is 7.79. The molecule has 0 spiro atoms. The van der Waals surface area contributed by atoms with Crippen LogP contribution in [0.25, 0.3) is 21.8 Å². The van der Waals surface area contributed by atoms with Crippen LogP contribution in [0.4, 0.5) is 0 Å². The minimum atomic E-state index is 0.998. The van der Waals surface area contributed by atoms with E-state index in [2.05, 4.69) is 85.9 Å². The lowest BCUT2D eigenvalue weighted by molar-refractivity contribution is 0.400. The molecule has 2 heteroatoms. The van der Waals surface area contributed by atoms with Gasteiger partial charge in [-0.15, -0.1) is 0 Å². The van der Waals surface area contributed by atoms with Gasteiger partial charge in [-0.2, -0.15) is 0 Å². The zero-order chi connectivity index (χ0) is 23.4. The molecule has 0 radical (unpaired) electrons. The number of fused-ring (bicyclic) bond motifs is 6. The van der Waals surface area contributed by atoms with Crippen LogP contribution >= 0.6 is 0 Å². The number of rotatable bonds is 3. The molecule has 170 valence electrons. The molecule has 0 saturated heterocycles. The molecular formula is C30H40N2. The summed E-state index contributed by atoms with van der Waals surface area (Å²) in [5.41, 5.74) is 11.9. The summed E-state index contributed by atoms with van der Waals surface area (Å²) in [6.45, 7) is 14.6. The van der Waals surface area contributed by atoms with Crippen molar-refractivity contribution in [2.75, 3.05) is 14.1 Å². The fraction of sp³-hybridized carbons (Fsp3) is 0.400. The first-order valence-electron chi connectivity index (χ1n) is 12.4. The molecule has 5 rings (SSSR count). The van der Waals surface area contributed by atoms with Gasteiger partial charge in [0.1, 0.15) is 0 Å². The highest BCUT2D eigenvalue weighted by Gasteiger charge is 2.26. The van der Waals surface area contributed by atoms with E-state index in [0.717, 1.165) is 25.9 Å². The number of para-hydroxylation sites is 1. The topological polar surface area (TPSA) is 8.17 Å². The van der Waals surface area contributed by atoms with E-state index in [4.69, 9.17) is 0 Å². The molecule has 1 aromatic heterocycles. The van der Waals surface area contributed by atoms with E-state index in [1.54, 1.807) is 11.1 Å². The molecule has 0 aliphatic heterocycles. The van der Waals surface area contributed by atoms with Gasteiger partial charge in [0.25, 0.3) is 0 Å². The maximum Gasteiger partial charge on any atom is 0.0533 e. The van der Waals surface area contributed by atoms with Crippen LogP contribution in [-0.4, -0.2) is 23.6 Å². The first kappa shape index (κ1) is 24.1. The number of hydrogen-bond acceptors (Lipinski definition) is 1. The largest absolute Gasteiger partial charge is 0.341 e. The Morgan fingerprint density at radius 1 is 0.812 bits per heavy atom. The molecule has 1 aliphatic rings. The van der Waals surface area contributed by atoms with Crippen molar-refractivity contribution in [1.82, 2.24) is 9.47 Å². The molecule has 0 saturated carbocycles. The molecule has 0 fully saturated rings. The monoisotopic (exact) mass is 428 g/mol. The van der Waals surface area contributed by atoms with E-state index < -0.39 is 0 Å². The van der Waals surface area contributed by atoms with Gasteiger partial charge < -0.3 is 9.47 Å². The summed E-state index contributed by atoms with van der Waals surface area (Å²) in [5, 5.41) is 2.87. The molecular weight excluding hydrogens is 388 g/mol. The highest BCUT2D eigenvalue weighted by Crippen LogP contribution is 2.42. The number of hydrogen-bond donors (Lipinski definition) is 0. The second-order valence-corrected chi connectivity index (χ2v) is 8.41. The summed E-state index contributed by atoms with van der Waals surface area (Å²) in [7, 11) is 4.37. The molecule has 0 unspecified atom stereocenters. The Hall–Kier alpha value is -2.58. The van der Waals surface area contributed by atoms with Crippen molar-refractivity contribution in [3.05, 3.63) is 81.9 Å². The first-order chi connectivity index (χ1) is 15.6. The fourth-order valence-electron chi connectivity index (χ4n) is 5.24. The molecule has 32 heavy (non-hydrogen) atoms. The van der Waals surface area contributed by atoms with Crippen LogP contribution in [0.15, 0.2) is 48.5 Å². The lowest BCUT2D eigenvalue weighted by Gasteiger charge is -2.27. The summed E-state index contributed by atoms with van der Waals surface area (Å²) < 4.78 is 2.55. The Bertz CT molecular complexity index is 1210. The highest BCUT2D eigenvalue weighted by atomic mass is 15.0. The minimum Gasteiger partial charge on any atom is -0.341 e. The number of nitrogens with zero attached hydrogens (tertiary/aromatic N) is 2. The average molecular weight is 429 g/mol. The van der Waals surface area contributed by atoms with Gasteiger partial charge in [-0.3, -0.25) is 0 Å². The summed E-state index contributed by atoms with van der Waals surface area (Å²) >= 11 is 0. The Morgan fingerprint density at radius 2 is 1.38 bits per heavy atom. The van der Waals surface area contributed by atoms with Crippen LogP contribution in [0.2, 0.25) is 0 Å². The van der Waals surface area contributed by atoms with Crippen molar-refractivity contribution in [3.63, 3.8) is 0 Å². The summed E-state index contributed by atoms with van der Waals surface area (Å²) in [6.07, 6.45) is 2.09. The van der Waals surface area contributed by atoms with Crippen LogP contribution in [0.1, 0.15) is 68.0 Å². The maximum absolute atomic E-state index is 2.55. The van der Waals surface area contributed by atoms with Crippen molar-refractivity contribution in [1.29, 1.82) is 0 Å². The van der Waals surface area contributed by atoms with Crippen LogP contribution in [-0.2, 0) is 25.9 Å². The summed E-state index contributed by atoms with van der Waals surface area (Å²) in [4.78, 5) is 2.31. The molecule has 1 heterocycles. The van der Waals surface area contributed by atoms with Crippen LogP contribution in [0.5, 0.6) is 0 Å². The van der Waals surface area contributed by atoms with Gasteiger partial charge in [-0.1, -0.05) is 70.2 Å². The lowest BCUT2D eigenvalue weighted by Crippen LogP contribution is -2.18. The van der Waals surface area contributed by atoms with Gasteiger partial charge in [0.2, 0.25) is 0 Å². The zero-order valence-electron chi connectivity index (χ0n) is 21.3. The van der Waals surface area contributed by atoms with E-state index in [-0.39, 0.29) is 0 Å². The highest BCUT2D eigenvalue weighted by molar-refractivity contribution is 6.11. The van der Waals surface area contributed by atoms with Gasteiger partial charge in [0, 0.05) is 35.8 Å². The smallest absolute Gasteiger partial charge is 0.0533 e. The van der Waals surface area contributed by atoms with Crippen molar-refractivity contribution in [2.24, 2.45) is 0 Å². The third kappa shape index (κ3) is 3.97. The first-order valence-corrected chi connectivity index (χ1v) is 12.4. The van der Waals surface area contributed by atoms with Crippen LogP contribution < -0.4 is 0 Å². The van der Waals surface area contributed by atoms with Crippen molar-refractivity contribution in [2.45, 2.75) is 67.5 Å². The molecule has 3 aromatic carbocycles. The molecule has 0 N–H and O–H groups in total. The van der Waals surface area contributed by atoms with Gasteiger partial charge >= 0.3 is 0 Å². The van der Waals surface area contributed by atoms with Crippen molar-refractivity contribution >= 4 is 21.8 Å². The Labute approximate surface area is 194 Å². The number of aryl methyl sites for hydroxylation is 2. The molecule has 2 nitrogen and oxygen atoms in total. The molecule has 1 aliphatic carbocycles. The second-order valence-electron chi connectivity index (χ2n) is 8.41. The second kappa shape index (κ2) is 10.4. The van der Waals surface area contributed by atoms with E-state index in [9.17, 15) is 0 Å². The lowest BCUT2D eigenvalue weighted by atomic mass is 9.80. The molecule has 4 aromatic rings. The SMILES string of the molecule is CC.CC.CCn1c2ccccc2c2c(C)c(CN(C)C)c3c(c21)Cc1ccccc1C3. The zero-order valence-corrected chi connectivity index (χ0v) is 21.3. The molecule has 0 atom stereocenters. The van der Waals surface area contributed by atoms with Gasteiger partial charge in [0.15, 0.2) is 0 Å². The van der Waals surface area contributed by atoms with Crippen LogP contribution in [0.3, 0.4) is 0 Å². The minimum absolute atomic E-state index is 0.998. The Balaban J connectivity index is 0.000000686. The third-order valence-electron chi connectivity index (χ3n) is 6.46. The van der Waals surface area contributed by atoms with E-state index >= 15 is 0 Å². The predicted octanol–water partition coefficient (Wildman–Crippen LogP) is 7.73. The van der Waals surface area contributed by atoms with E-state index in [1.165, 1.54) is 44.1 Å².